The maximum atomic E-state index is 3.84. The van der Waals surface area contributed by atoms with Crippen LogP contribution in [0, 0.1) is 0 Å². The molecule has 0 amide bonds. The molecule has 0 saturated carbocycles. The van der Waals surface area contributed by atoms with Crippen LogP contribution in [0.5, 0.6) is 0 Å². The number of nitrogens with zero attached hydrogens (tertiary/aromatic N) is 1. The molecule has 3 nitrogen and oxygen atoms in total. The molecule has 0 atom stereocenters. The summed E-state index contributed by atoms with van der Waals surface area (Å²) in [6.45, 7) is 3.92. The van der Waals surface area contributed by atoms with Crippen LogP contribution >= 0.6 is 0 Å². The van der Waals surface area contributed by atoms with Crippen molar-refractivity contribution < 1.29 is 58.2 Å². The molecule has 0 aliphatic carbocycles. The molecule has 0 unspecified atom stereocenters. The zero-order valence-electron chi connectivity index (χ0n) is 5.45. The fourth-order valence-electron chi connectivity index (χ4n) is 0.370. The van der Waals surface area contributed by atoms with Gasteiger partial charge in [0.25, 0.3) is 0 Å². The third kappa shape index (κ3) is 2.15. The summed E-state index contributed by atoms with van der Waals surface area (Å²) in [6.07, 6.45) is 0. The van der Waals surface area contributed by atoms with Gasteiger partial charge in [-0.05, 0) is 6.92 Å². The molecule has 0 radical (unpaired) electrons. The maximum absolute atomic E-state index is 3.84. The average molecular weight is 184 g/mol. The van der Waals surface area contributed by atoms with E-state index in [1.165, 1.54) is 0 Å². The zero-order valence-corrected chi connectivity index (χ0v) is 10.4. The van der Waals surface area contributed by atoms with E-state index in [0.29, 0.717) is 0 Å². The number of nitrogens with one attached hydrogen (secondary N) is 2. The number of hydrogen-bond donors (Lipinski definition) is 2. The molecule has 8 heavy (non-hydrogen) atoms. The van der Waals surface area contributed by atoms with Crippen LogP contribution in [0.3, 0.4) is 0 Å². The van der Waals surface area contributed by atoms with Gasteiger partial charge in [0.2, 0.25) is 0 Å². The molecule has 0 aromatic carbocycles. The quantitative estimate of drug-likeness (QED) is 0.441. The fraction of sp³-hybridized carbons (Fsp3) is 0.500. The molecule has 0 aromatic rings. The van der Waals surface area contributed by atoms with E-state index in [4.69, 9.17) is 0 Å². The summed E-state index contributed by atoms with van der Waals surface area (Å²) in [5, 5.41) is 0. The van der Waals surface area contributed by atoms with Crippen molar-refractivity contribution in [3.63, 3.8) is 0 Å². The minimum absolute atomic E-state index is 0. The van der Waals surface area contributed by atoms with Crippen molar-refractivity contribution in [1.29, 1.82) is 0 Å². The summed E-state index contributed by atoms with van der Waals surface area (Å²) < 4.78 is 0. The van der Waals surface area contributed by atoms with E-state index in [-0.39, 0.29) is 58.2 Å². The van der Waals surface area contributed by atoms with E-state index in [0.717, 1.165) is 11.4 Å². The Kier molecular flexibility index (Phi) is 4.56. The van der Waals surface area contributed by atoms with Crippen LogP contribution in [0.15, 0.2) is 11.4 Å². The Balaban J connectivity index is 0.000000490. The van der Waals surface area contributed by atoms with Crippen molar-refractivity contribution in [3.8, 4) is 0 Å². The Hall–Kier alpha value is 1.11. The molecule has 1 rings (SSSR count). The molecule has 0 fully saturated rings. The van der Waals surface area contributed by atoms with Crippen molar-refractivity contribution >= 4 is 0 Å². The first-order valence-electron chi connectivity index (χ1n) is 2.20. The van der Waals surface area contributed by atoms with Crippen LogP contribution in [0.2, 0.25) is 0 Å². The van der Waals surface area contributed by atoms with Crippen molar-refractivity contribution in [3.05, 3.63) is 16.8 Å². The second-order valence-corrected chi connectivity index (χ2v) is 1.56. The van der Waals surface area contributed by atoms with Crippen LogP contribution in [0.4, 0.5) is 0 Å². The van der Waals surface area contributed by atoms with Gasteiger partial charge in [0.05, 0.1) is 0 Å². The monoisotopic (exact) mass is 183 g/mol. The molecule has 40 valence electrons. The minimum atomic E-state index is 0. The number of hydrogen-bond acceptors (Lipinski definition) is 2. The number of hydrazine groups is 1. The van der Waals surface area contributed by atoms with Gasteiger partial charge < -0.3 is 16.4 Å². The standard InChI is InChI=1S/C4H8N3.Rb/c1-3-4(2)6-7-5-3;/h5,7H,1-2H3;/q-1;+1. The largest absolute Gasteiger partial charge is 1.00 e. The van der Waals surface area contributed by atoms with Gasteiger partial charge in [0.15, 0.2) is 0 Å². The van der Waals surface area contributed by atoms with Crippen molar-refractivity contribution in [2.45, 2.75) is 13.8 Å². The molecule has 1 aliphatic rings. The first kappa shape index (κ1) is 9.11. The Morgan fingerprint density at radius 2 is 2.00 bits per heavy atom. The summed E-state index contributed by atoms with van der Waals surface area (Å²) in [7, 11) is 0. The van der Waals surface area contributed by atoms with Crippen LogP contribution in [0.1, 0.15) is 13.8 Å². The van der Waals surface area contributed by atoms with E-state index < -0.39 is 0 Å². The van der Waals surface area contributed by atoms with Gasteiger partial charge in [-0.25, -0.2) is 0 Å². The van der Waals surface area contributed by atoms with Crippen LogP contribution in [-0.4, -0.2) is 0 Å². The molecule has 4 heteroatoms. The predicted molar refractivity (Wildman–Crippen MR) is 28.0 cm³/mol. The van der Waals surface area contributed by atoms with E-state index in [9.17, 15) is 0 Å². The third-order valence-corrected chi connectivity index (χ3v) is 1.01. The second kappa shape index (κ2) is 4.01. The first-order valence-corrected chi connectivity index (χ1v) is 2.20. The first-order chi connectivity index (χ1) is 3.30. The molecule has 0 spiro atoms. The summed E-state index contributed by atoms with van der Waals surface area (Å²) in [4.78, 5) is 0. The van der Waals surface area contributed by atoms with Gasteiger partial charge in [-0.1, -0.05) is 6.92 Å². The van der Waals surface area contributed by atoms with E-state index in [1.54, 1.807) is 0 Å². The SMILES string of the molecule is CC1=C(C)NN[N-]1.[Rb+]. The molecule has 2 N–H and O–H groups in total. The predicted octanol–water partition coefficient (Wildman–Crippen LogP) is -2.36. The molecule has 1 aliphatic heterocycles. The molecular formula is C4H8N3Rb. The molecule has 0 bridgehead atoms. The number of rotatable bonds is 0. The van der Waals surface area contributed by atoms with Gasteiger partial charge in [0, 0.05) is 5.70 Å². The molecule has 0 saturated heterocycles. The van der Waals surface area contributed by atoms with Crippen LogP contribution in [-0.2, 0) is 0 Å². The summed E-state index contributed by atoms with van der Waals surface area (Å²) in [6, 6.07) is 0. The van der Waals surface area contributed by atoms with Crippen molar-refractivity contribution in [2.24, 2.45) is 0 Å². The van der Waals surface area contributed by atoms with E-state index >= 15 is 0 Å². The Bertz CT molecular complexity index is 97.9. The Morgan fingerprint density at radius 3 is 2.12 bits per heavy atom. The smallest absolute Gasteiger partial charge is 0.606 e. The van der Waals surface area contributed by atoms with Crippen LogP contribution < -0.4 is 69.1 Å². The van der Waals surface area contributed by atoms with E-state index in [2.05, 4.69) is 16.4 Å². The zero-order chi connectivity index (χ0) is 5.28. The van der Waals surface area contributed by atoms with Gasteiger partial charge in [-0.3, -0.25) is 0 Å². The van der Waals surface area contributed by atoms with E-state index in [1.807, 2.05) is 13.8 Å². The number of allylic oxidation sites excluding steroid dienone is 2. The minimum Gasteiger partial charge on any atom is -0.606 e. The topological polar surface area (TPSA) is 38.2 Å². The summed E-state index contributed by atoms with van der Waals surface area (Å²) in [5.41, 5.74) is 11.4. The summed E-state index contributed by atoms with van der Waals surface area (Å²) in [5.74, 6) is 0. The second-order valence-electron chi connectivity index (χ2n) is 1.56. The van der Waals surface area contributed by atoms with Crippen LogP contribution in [0.25, 0.3) is 5.43 Å². The van der Waals surface area contributed by atoms with Gasteiger partial charge >= 0.3 is 58.2 Å². The van der Waals surface area contributed by atoms with Gasteiger partial charge in [-0.2, -0.15) is 0 Å². The maximum Gasteiger partial charge on any atom is 1.00 e. The fourth-order valence-corrected chi connectivity index (χ4v) is 0.370. The van der Waals surface area contributed by atoms with Crippen molar-refractivity contribution in [2.75, 3.05) is 0 Å². The molecule has 1 heterocycles. The van der Waals surface area contributed by atoms with Gasteiger partial charge in [0.1, 0.15) is 0 Å². The molecular weight excluding hydrogens is 176 g/mol. The summed E-state index contributed by atoms with van der Waals surface area (Å²) >= 11 is 0. The van der Waals surface area contributed by atoms with Gasteiger partial charge in [-0.15, -0.1) is 5.70 Å². The Labute approximate surface area is 98.0 Å². The normalized spacial score (nSPS) is 16.8. The average Bonchev–Trinajstić information content (AvgIpc) is 1.91. The Morgan fingerprint density at radius 1 is 1.38 bits per heavy atom. The van der Waals surface area contributed by atoms with Crippen molar-refractivity contribution in [1.82, 2.24) is 11.0 Å². The third-order valence-electron chi connectivity index (χ3n) is 1.01. The molecule has 0 aromatic heterocycles.